The summed E-state index contributed by atoms with van der Waals surface area (Å²) >= 11 is 0. The van der Waals surface area contributed by atoms with Crippen molar-refractivity contribution in [1.82, 2.24) is 10.6 Å². The van der Waals surface area contributed by atoms with Crippen LogP contribution < -0.4 is 16.0 Å². The van der Waals surface area contributed by atoms with Crippen molar-refractivity contribution in [1.29, 1.82) is 0 Å². The molecule has 2 aromatic rings. The van der Waals surface area contributed by atoms with Crippen molar-refractivity contribution < 1.29 is 9.18 Å². The highest BCUT2D eigenvalue weighted by molar-refractivity contribution is 5.94. The van der Waals surface area contributed by atoms with E-state index >= 15 is 0 Å². The van der Waals surface area contributed by atoms with Crippen LogP contribution in [0.1, 0.15) is 18.9 Å². The lowest BCUT2D eigenvalue weighted by Gasteiger charge is -2.18. The number of nitrogens with zero attached hydrogens (tertiary/aromatic N) is 1. The van der Waals surface area contributed by atoms with Gasteiger partial charge in [0, 0.05) is 18.8 Å². The number of aryl methyl sites for hydroxylation is 1. The van der Waals surface area contributed by atoms with Crippen LogP contribution >= 0.6 is 0 Å². The van der Waals surface area contributed by atoms with Crippen molar-refractivity contribution in [3.63, 3.8) is 0 Å². The number of halogens is 1. The van der Waals surface area contributed by atoms with Gasteiger partial charge in [0.15, 0.2) is 5.96 Å². The molecule has 1 amide bonds. The van der Waals surface area contributed by atoms with Gasteiger partial charge in [0.25, 0.3) is 0 Å². The highest BCUT2D eigenvalue weighted by Crippen LogP contribution is 2.07. The Balaban J connectivity index is 1.72. The van der Waals surface area contributed by atoms with Gasteiger partial charge in [0.1, 0.15) is 5.82 Å². The first-order valence-corrected chi connectivity index (χ1v) is 8.63. The average Bonchev–Trinajstić information content (AvgIpc) is 2.66. The first-order valence-electron chi connectivity index (χ1n) is 8.63. The smallest absolute Gasteiger partial charge is 0.243 e. The van der Waals surface area contributed by atoms with Crippen LogP contribution in [0.4, 0.5) is 10.1 Å². The Hall–Kier alpha value is -2.89. The Morgan fingerprint density at radius 2 is 1.81 bits per heavy atom. The standard InChI is InChI=1S/C20H25FN4O/c1-15(8-9-16-6-4-3-5-7-16)24-20(22-2)23-14-19(26)25-18-12-10-17(21)11-13-18/h3-7,10-13,15H,8-9,14H2,1-2H3,(H,25,26)(H2,22,23,24). The number of nitrogens with one attached hydrogen (secondary N) is 3. The van der Waals surface area contributed by atoms with E-state index in [-0.39, 0.29) is 24.3 Å². The number of guanidine groups is 1. The second-order valence-electron chi connectivity index (χ2n) is 6.05. The predicted octanol–water partition coefficient (Wildman–Crippen LogP) is 2.95. The van der Waals surface area contributed by atoms with Gasteiger partial charge in [0.05, 0.1) is 6.54 Å². The van der Waals surface area contributed by atoms with Crippen molar-refractivity contribution in [2.24, 2.45) is 4.99 Å². The summed E-state index contributed by atoms with van der Waals surface area (Å²) in [5.74, 6) is 0.00605. The van der Waals surface area contributed by atoms with Crippen LogP contribution in [-0.2, 0) is 11.2 Å². The van der Waals surface area contributed by atoms with Gasteiger partial charge in [-0.1, -0.05) is 30.3 Å². The van der Waals surface area contributed by atoms with Crippen LogP contribution in [0.5, 0.6) is 0 Å². The average molecular weight is 356 g/mol. The molecule has 2 rings (SSSR count). The summed E-state index contributed by atoms with van der Waals surface area (Å²) in [6.07, 6.45) is 1.92. The number of aliphatic imine (C=N–C) groups is 1. The maximum Gasteiger partial charge on any atom is 0.243 e. The number of amides is 1. The largest absolute Gasteiger partial charge is 0.354 e. The van der Waals surface area contributed by atoms with E-state index in [9.17, 15) is 9.18 Å². The number of hydrogen-bond donors (Lipinski definition) is 3. The monoisotopic (exact) mass is 356 g/mol. The highest BCUT2D eigenvalue weighted by atomic mass is 19.1. The molecule has 0 spiro atoms. The van der Waals surface area contributed by atoms with Crippen LogP contribution in [0, 0.1) is 5.82 Å². The van der Waals surface area contributed by atoms with Gasteiger partial charge >= 0.3 is 0 Å². The number of anilines is 1. The molecule has 0 saturated carbocycles. The number of benzene rings is 2. The molecule has 2 aromatic carbocycles. The minimum atomic E-state index is -0.338. The van der Waals surface area contributed by atoms with Crippen LogP contribution in [0.25, 0.3) is 0 Å². The Bertz CT molecular complexity index is 716. The lowest BCUT2D eigenvalue weighted by Crippen LogP contribution is -2.45. The lowest BCUT2D eigenvalue weighted by atomic mass is 10.1. The van der Waals surface area contributed by atoms with E-state index in [0.29, 0.717) is 11.6 Å². The van der Waals surface area contributed by atoms with E-state index in [0.717, 1.165) is 12.8 Å². The molecule has 0 aliphatic carbocycles. The van der Waals surface area contributed by atoms with E-state index in [4.69, 9.17) is 0 Å². The fraction of sp³-hybridized carbons (Fsp3) is 0.300. The zero-order chi connectivity index (χ0) is 18.8. The molecule has 0 saturated heterocycles. The molecule has 1 atom stereocenters. The zero-order valence-electron chi connectivity index (χ0n) is 15.1. The third-order valence-corrected chi connectivity index (χ3v) is 3.86. The zero-order valence-corrected chi connectivity index (χ0v) is 15.1. The predicted molar refractivity (Wildman–Crippen MR) is 104 cm³/mol. The molecule has 0 bridgehead atoms. The quantitative estimate of drug-likeness (QED) is 0.528. The Morgan fingerprint density at radius 3 is 2.46 bits per heavy atom. The van der Waals surface area contributed by atoms with E-state index in [1.165, 1.54) is 29.8 Å². The molecular formula is C20H25FN4O. The second kappa shape index (κ2) is 10.2. The molecule has 0 radical (unpaired) electrons. The van der Waals surface area contributed by atoms with Crippen LogP contribution in [0.15, 0.2) is 59.6 Å². The number of rotatable bonds is 7. The van der Waals surface area contributed by atoms with Crippen molar-refractivity contribution in [3.05, 3.63) is 66.0 Å². The van der Waals surface area contributed by atoms with Gasteiger partial charge in [-0.15, -0.1) is 0 Å². The molecule has 0 aromatic heterocycles. The summed E-state index contributed by atoms with van der Waals surface area (Å²) in [6, 6.07) is 16.2. The van der Waals surface area contributed by atoms with E-state index in [1.54, 1.807) is 7.05 Å². The maximum absolute atomic E-state index is 12.9. The molecule has 0 fully saturated rings. The van der Waals surface area contributed by atoms with Crippen LogP contribution in [0.3, 0.4) is 0 Å². The molecule has 0 aliphatic rings. The Kier molecular flexibility index (Phi) is 7.61. The molecule has 26 heavy (non-hydrogen) atoms. The number of carbonyl (C=O) groups excluding carboxylic acids is 1. The summed E-state index contributed by atoms with van der Waals surface area (Å²) in [7, 11) is 1.66. The second-order valence-corrected chi connectivity index (χ2v) is 6.05. The Morgan fingerprint density at radius 1 is 1.12 bits per heavy atom. The molecular weight excluding hydrogens is 331 g/mol. The normalized spacial score (nSPS) is 12.3. The molecule has 0 aliphatic heterocycles. The van der Waals surface area contributed by atoms with Crippen LogP contribution in [-0.4, -0.2) is 31.5 Å². The van der Waals surface area contributed by atoms with Crippen molar-refractivity contribution >= 4 is 17.6 Å². The third kappa shape index (κ3) is 6.93. The number of hydrogen-bond acceptors (Lipinski definition) is 2. The van der Waals surface area contributed by atoms with Gasteiger partial charge in [-0.2, -0.15) is 0 Å². The molecule has 3 N–H and O–H groups in total. The van der Waals surface area contributed by atoms with Crippen molar-refractivity contribution in [2.75, 3.05) is 18.9 Å². The fourth-order valence-corrected chi connectivity index (χ4v) is 2.43. The maximum atomic E-state index is 12.9. The molecule has 5 nitrogen and oxygen atoms in total. The van der Waals surface area contributed by atoms with E-state index < -0.39 is 0 Å². The third-order valence-electron chi connectivity index (χ3n) is 3.86. The van der Waals surface area contributed by atoms with Gasteiger partial charge in [-0.05, 0) is 49.6 Å². The molecule has 1 unspecified atom stereocenters. The van der Waals surface area contributed by atoms with Gasteiger partial charge in [-0.25, -0.2) is 4.39 Å². The topological polar surface area (TPSA) is 65.5 Å². The van der Waals surface area contributed by atoms with Gasteiger partial charge in [0.2, 0.25) is 5.91 Å². The minimum absolute atomic E-state index is 0.0719. The molecule has 6 heteroatoms. The van der Waals surface area contributed by atoms with Gasteiger partial charge < -0.3 is 16.0 Å². The summed E-state index contributed by atoms with van der Waals surface area (Å²) in [5, 5.41) is 8.95. The SMILES string of the molecule is CN=C(NCC(=O)Nc1ccc(F)cc1)NC(C)CCc1ccccc1. The summed E-state index contributed by atoms with van der Waals surface area (Å²) in [6.45, 7) is 2.15. The highest BCUT2D eigenvalue weighted by Gasteiger charge is 2.08. The van der Waals surface area contributed by atoms with Crippen molar-refractivity contribution in [3.8, 4) is 0 Å². The molecule has 138 valence electrons. The first-order chi connectivity index (χ1) is 12.6. The summed E-state index contributed by atoms with van der Waals surface area (Å²) in [5.41, 5.74) is 1.85. The van der Waals surface area contributed by atoms with E-state index in [1.807, 2.05) is 18.2 Å². The van der Waals surface area contributed by atoms with E-state index in [2.05, 4.69) is 40.0 Å². The first kappa shape index (κ1) is 19.4. The van der Waals surface area contributed by atoms with Gasteiger partial charge in [-0.3, -0.25) is 9.79 Å². The van der Waals surface area contributed by atoms with Crippen molar-refractivity contribution in [2.45, 2.75) is 25.8 Å². The lowest BCUT2D eigenvalue weighted by molar-refractivity contribution is -0.115. The molecule has 0 heterocycles. The summed E-state index contributed by atoms with van der Waals surface area (Å²) < 4.78 is 12.9. The minimum Gasteiger partial charge on any atom is -0.354 e. The number of carbonyl (C=O) groups is 1. The van der Waals surface area contributed by atoms with Crippen LogP contribution in [0.2, 0.25) is 0 Å². The summed E-state index contributed by atoms with van der Waals surface area (Å²) in [4.78, 5) is 16.1. The fourth-order valence-electron chi connectivity index (χ4n) is 2.43. The Labute approximate surface area is 153 Å².